The van der Waals surface area contributed by atoms with Crippen molar-refractivity contribution in [2.75, 3.05) is 14.2 Å². The van der Waals surface area contributed by atoms with Crippen LogP contribution in [0.4, 0.5) is 0 Å². The first-order chi connectivity index (χ1) is 18.6. The zero-order valence-corrected chi connectivity index (χ0v) is 23.5. The minimum Gasteiger partial charge on any atom is -0.497 e. The number of amides is 3. The van der Waals surface area contributed by atoms with Crippen molar-refractivity contribution in [3.05, 3.63) is 64.7 Å². The average Bonchev–Trinajstić information content (AvgIpc) is 3.17. The fraction of sp³-hybridized carbons (Fsp3) is 0.516. The molecule has 5 atom stereocenters. The van der Waals surface area contributed by atoms with Crippen molar-refractivity contribution in [2.24, 2.45) is 5.41 Å². The number of ether oxygens (including phenoxy) is 1. The van der Waals surface area contributed by atoms with Gasteiger partial charge in [0.15, 0.2) is 0 Å². The minimum atomic E-state index is -0.773. The molecule has 5 rings (SSSR count). The third-order valence-corrected chi connectivity index (χ3v) is 8.84. The predicted octanol–water partition coefficient (Wildman–Crippen LogP) is 3.21. The lowest BCUT2D eigenvalue weighted by Gasteiger charge is -2.36. The van der Waals surface area contributed by atoms with Gasteiger partial charge in [-0.2, -0.15) is 0 Å². The molecule has 1 saturated heterocycles. The summed E-state index contributed by atoms with van der Waals surface area (Å²) in [6, 6.07) is 11.8. The van der Waals surface area contributed by atoms with E-state index in [9.17, 15) is 14.4 Å². The predicted molar refractivity (Wildman–Crippen MR) is 149 cm³/mol. The van der Waals surface area contributed by atoms with E-state index in [-0.39, 0.29) is 29.8 Å². The van der Waals surface area contributed by atoms with E-state index in [1.54, 1.807) is 26.0 Å². The fourth-order valence-corrected chi connectivity index (χ4v) is 6.66. The number of hydrogen-bond donors (Lipinski definition) is 3. The summed E-state index contributed by atoms with van der Waals surface area (Å²) in [7, 11) is 3.34. The maximum absolute atomic E-state index is 14.3. The number of fused-ring (bicyclic) bond motifs is 4. The largest absolute Gasteiger partial charge is 0.497 e. The van der Waals surface area contributed by atoms with E-state index >= 15 is 0 Å². The Morgan fingerprint density at radius 3 is 2.56 bits per heavy atom. The molecule has 0 bridgehead atoms. The molecule has 2 aliphatic heterocycles. The number of carbonyl (C=O) groups is 3. The van der Waals surface area contributed by atoms with Gasteiger partial charge in [-0.05, 0) is 79.5 Å². The Labute approximate surface area is 230 Å². The maximum atomic E-state index is 14.3. The molecule has 0 aromatic heterocycles. The SMILES string of the molecule is CN[C@@H](C)C(=O)N[C@H]1Cc2ccc(OC)cc2[C@H]2CC(C)(C)[C@@H](C(=O)N[C@@H]3CCCc4ccccc43)N2C1=O. The standard InChI is InChI=1S/C31H40N4O4/c1-18(32-4)28(36)34-25-15-20-13-14-21(39-5)16-23(20)26-17-31(2,3)27(35(26)30(25)38)29(37)33-24-12-8-10-19-9-6-7-11-22(19)24/h6-7,9,11,13-14,16,18,24-27,32H,8,10,12,15,17H2,1-5H3,(H,33,37)(H,34,36)/t18-,24+,25-,26+,27+/m0/s1. The fourth-order valence-electron chi connectivity index (χ4n) is 6.66. The molecule has 2 aromatic rings. The molecule has 0 radical (unpaired) electrons. The molecule has 8 nitrogen and oxygen atoms in total. The number of carbonyl (C=O) groups excluding carboxylic acids is 3. The molecule has 1 fully saturated rings. The van der Waals surface area contributed by atoms with Crippen molar-refractivity contribution in [3.63, 3.8) is 0 Å². The zero-order chi connectivity index (χ0) is 27.9. The van der Waals surface area contributed by atoms with Crippen LogP contribution in [0.1, 0.15) is 74.4 Å². The Morgan fingerprint density at radius 1 is 1.05 bits per heavy atom. The first-order valence-corrected chi connectivity index (χ1v) is 14.0. The second-order valence-corrected chi connectivity index (χ2v) is 11.8. The second-order valence-electron chi connectivity index (χ2n) is 11.8. The van der Waals surface area contributed by atoms with Crippen molar-refractivity contribution in [3.8, 4) is 5.75 Å². The number of hydrogen-bond acceptors (Lipinski definition) is 5. The van der Waals surface area contributed by atoms with Crippen LogP contribution < -0.4 is 20.7 Å². The van der Waals surface area contributed by atoms with E-state index in [1.165, 1.54) is 5.56 Å². The second kappa shape index (κ2) is 10.6. The lowest BCUT2D eigenvalue weighted by atomic mass is 9.81. The van der Waals surface area contributed by atoms with Gasteiger partial charge in [-0.15, -0.1) is 0 Å². The summed E-state index contributed by atoms with van der Waals surface area (Å²) in [6.07, 6.45) is 3.87. The molecule has 39 heavy (non-hydrogen) atoms. The van der Waals surface area contributed by atoms with Crippen LogP contribution in [0.15, 0.2) is 42.5 Å². The number of aryl methyl sites for hydroxylation is 1. The smallest absolute Gasteiger partial charge is 0.246 e. The molecule has 3 N–H and O–H groups in total. The Balaban J connectivity index is 1.52. The van der Waals surface area contributed by atoms with Crippen LogP contribution in [-0.2, 0) is 27.2 Å². The maximum Gasteiger partial charge on any atom is 0.246 e. The molecule has 8 heteroatoms. The van der Waals surface area contributed by atoms with E-state index in [2.05, 4.69) is 41.9 Å². The highest BCUT2D eigenvalue weighted by Crippen LogP contribution is 2.50. The van der Waals surface area contributed by atoms with Gasteiger partial charge in [0.05, 0.1) is 25.2 Å². The first kappa shape index (κ1) is 27.2. The van der Waals surface area contributed by atoms with Crippen molar-refractivity contribution < 1.29 is 19.1 Å². The topological polar surface area (TPSA) is 99.8 Å². The van der Waals surface area contributed by atoms with Crippen LogP contribution in [-0.4, -0.2) is 54.9 Å². The van der Waals surface area contributed by atoms with Gasteiger partial charge in [-0.3, -0.25) is 14.4 Å². The van der Waals surface area contributed by atoms with Gasteiger partial charge in [0.1, 0.15) is 17.8 Å². The highest BCUT2D eigenvalue weighted by Gasteiger charge is 2.55. The summed E-state index contributed by atoms with van der Waals surface area (Å²) in [5.74, 6) is 0.0961. The van der Waals surface area contributed by atoms with E-state index in [0.717, 1.165) is 36.0 Å². The van der Waals surface area contributed by atoms with Crippen LogP contribution in [0.25, 0.3) is 0 Å². The van der Waals surface area contributed by atoms with Gasteiger partial charge in [0.25, 0.3) is 0 Å². The summed E-state index contributed by atoms with van der Waals surface area (Å²) in [6.45, 7) is 5.88. The Hall–Kier alpha value is -3.39. The van der Waals surface area contributed by atoms with Gasteiger partial charge >= 0.3 is 0 Å². The average molecular weight is 533 g/mol. The normalized spacial score (nSPS) is 26.0. The number of nitrogens with zero attached hydrogens (tertiary/aromatic N) is 1. The van der Waals surface area contributed by atoms with Crippen LogP contribution in [0, 0.1) is 5.41 Å². The van der Waals surface area contributed by atoms with Crippen LogP contribution in [0.3, 0.4) is 0 Å². The molecule has 2 aromatic carbocycles. The van der Waals surface area contributed by atoms with Gasteiger partial charge in [-0.25, -0.2) is 0 Å². The third kappa shape index (κ3) is 5.02. The Bertz CT molecular complexity index is 1270. The van der Waals surface area contributed by atoms with E-state index < -0.39 is 23.5 Å². The summed E-state index contributed by atoms with van der Waals surface area (Å²) < 4.78 is 5.53. The van der Waals surface area contributed by atoms with Gasteiger partial charge in [0.2, 0.25) is 17.7 Å². The zero-order valence-electron chi connectivity index (χ0n) is 23.5. The highest BCUT2D eigenvalue weighted by atomic mass is 16.5. The summed E-state index contributed by atoms with van der Waals surface area (Å²) in [4.78, 5) is 43.0. The van der Waals surface area contributed by atoms with E-state index in [4.69, 9.17) is 4.74 Å². The first-order valence-electron chi connectivity index (χ1n) is 14.0. The number of methoxy groups -OCH3 is 1. The molecule has 1 aliphatic carbocycles. The third-order valence-electron chi connectivity index (χ3n) is 8.84. The number of rotatable bonds is 6. The molecule has 0 spiro atoms. The molecule has 3 amide bonds. The monoisotopic (exact) mass is 532 g/mol. The molecule has 0 saturated carbocycles. The summed E-state index contributed by atoms with van der Waals surface area (Å²) in [5.41, 5.74) is 3.91. The van der Waals surface area contributed by atoms with Crippen LogP contribution in [0.2, 0.25) is 0 Å². The lowest BCUT2D eigenvalue weighted by Crippen LogP contribution is -2.57. The van der Waals surface area contributed by atoms with Crippen molar-refractivity contribution in [2.45, 2.75) is 83.1 Å². The molecular weight excluding hydrogens is 492 g/mol. The lowest BCUT2D eigenvalue weighted by molar-refractivity contribution is -0.145. The van der Waals surface area contributed by atoms with Crippen molar-refractivity contribution in [1.82, 2.24) is 20.9 Å². The summed E-state index contributed by atoms with van der Waals surface area (Å²) in [5, 5.41) is 9.23. The van der Waals surface area contributed by atoms with Crippen molar-refractivity contribution >= 4 is 17.7 Å². The Morgan fingerprint density at radius 2 is 1.82 bits per heavy atom. The number of nitrogens with one attached hydrogen (secondary N) is 3. The van der Waals surface area contributed by atoms with E-state index in [1.807, 2.05) is 30.3 Å². The van der Waals surface area contributed by atoms with Gasteiger partial charge in [0, 0.05) is 6.42 Å². The highest BCUT2D eigenvalue weighted by molar-refractivity contribution is 5.95. The molecule has 2 heterocycles. The van der Waals surface area contributed by atoms with Crippen LogP contribution >= 0.6 is 0 Å². The van der Waals surface area contributed by atoms with Gasteiger partial charge < -0.3 is 25.6 Å². The van der Waals surface area contributed by atoms with Crippen LogP contribution in [0.5, 0.6) is 5.75 Å². The molecule has 0 unspecified atom stereocenters. The quantitative estimate of drug-likeness (QED) is 0.531. The molecule has 3 aliphatic rings. The number of benzene rings is 2. The number of likely N-dealkylation sites (N-methyl/N-ethyl adjacent to an activating group) is 1. The van der Waals surface area contributed by atoms with Crippen molar-refractivity contribution in [1.29, 1.82) is 0 Å². The minimum absolute atomic E-state index is 0.0845. The van der Waals surface area contributed by atoms with Gasteiger partial charge in [-0.1, -0.05) is 44.2 Å². The Kier molecular flexibility index (Phi) is 7.42. The van der Waals surface area contributed by atoms with E-state index in [0.29, 0.717) is 18.6 Å². The summed E-state index contributed by atoms with van der Waals surface area (Å²) >= 11 is 0. The molecular formula is C31H40N4O4. The molecule has 208 valence electrons.